The van der Waals surface area contributed by atoms with Crippen molar-refractivity contribution in [1.82, 2.24) is 29.0 Å². The number of imidazole rings is 1. The minimum Gasteiger partial charge on any atom is -0.337 e. The largest absolute Gasteiger partial charge is 0.337 e. The number of carbonyl (C=O) groups excluding carboxylic acids is 2. The topological polar surface area (TPSA) is 85.4 Å². The van der Waals surface area contributed by atoms with E-state index in [1.54, 1.807) is 39.5 Å². The van der Waals surface area contributed by atoms with E-state index in [-0.39, 0.29) is 17.6 Å². The zero-order valence-electron chi connectivity index (χ0n) is 15.7. The number of rotatable bonds is 3. The van der Waals surface area contributed by atoms with Crippen molar-refractivity contribution in [2.24, 2.45) is 13.0 Å². The second-order valence-electron chi connectivity index (χ2n) is 7.15. The first-order valence-electron chi connectivity index (χ1n) is 9.09. The molecule has 0 bridgehead atoms. The Morgan fingerprint density at radius 3 is 2.78 bits per heavy atom. The molecule has 0 saturated carbocycles. The molecule has 0 aliphatic carbocycles. The van der Waals surface area contributed by atoms with Crippen LogP contribution in [0.5, 0.6) is 0 Å². The number of hydrogen-bond acceptors (Lipinski definition) is 5. The highest BCUT2D eigenvalue weighted by molar-refractivity contribution is 5.97. The maximum absolute atomic E-state index is 13.0. The van der Waals surface area contributed by atoms with Gasteiger partial charge in [0.1, 0.15) is 5.69 Å². The molecule has 140 valence electrons. The van der Waals surface area contributed by atoms with E-state index in [1.807, 2.05) is 19.9 Å². The summed E-state index contributed by atoms with van der Waals surface area (Å²) in [5.74, 6) is 0.0630. The van der Waals surface area contributed by atoms with Crippen molar-refractivity contribution in [2.45, 2.75) is 26.7 Å². The van der Waals surface area contributed by atoms with Gasteiger partial charge in [-0.05, 0) is 32.8 Å². The lowest BCUT2D eigenvalue weighted by atomic mass is 9.93. The van der Waals surface area contributed by atoms with E-state index in [2.05, 4.69) is 15.1 Å². The highest BCUT2D eigenvalue weighted by Crippen LogP contribution is 2.22. The molecule has 4 rings (SSSR count). The molecule has 0 aromatic carbocycles. The van der Waals surface area contributed by atoms with Gasteiger partial charge in [0.2, 0.25) is 5.78 Å². The molecule has 27 heavy (non-hydrogen) atoms. The monoisotopic (exact) mass is 366 g/mol. The van der Waals surface area contributed by atoms with E-state index in [1.165, 1.54) is 0 Å². The highest BCUT2D eigenvalue weighted by Gasteiger charge is 2.31. The third-order valence-electron chi connectivity index (χ3n) is 5.07. The third-order valence-corrected chi connectivity index (χ3v) is 5.07. The fourth-order valence-electron chi connectivity index (χ4n) is 3.67. The standard InChI is InChI=1S/C19H22N6O2/c1-12-9-16-21-15(10-13(2)25(16)22-12)19(27)24-7-4-5-14(11-24)17(26)18-20-6-8-23(18)3/h6,8-10,14H,4-5,7,11H2,1-3H3. The normalized spacial score (nSPS) is 17.4. The molecule has 8 heteroatoms. The van der Waals surface area contributed by atoms with Crippen LogP contribution in [0.3, 0.4) is 0 Å². The number of nitrogens with zero attached hydrogens (tertiary/aromatic N) is 6. The lowest BCUT2D eigenvalue weighted by Gasteiger charge is -2.31. The molecule has 3 aromatic heterocycles. The molecule has 4 heterocycles. The molecule has 1 atom stereocenters. The summed E-state index contributed by atoms with van der Waals surface area (Å²) >= 11 is 0. The van der Waals surface area contributed by atoms with Crippen molar-refractivity contribution in [2.75, 3.05) is 13.1 Å². The lowest BCUT2D eigenvalue weighted by molar-refractivity contribution is 0.0628. The van der Waals surface area contributed by atoms with Gasteiger partial charge in [-0.3, -0.25) is 9.59 Å². The molecular weight excluding hydrogens is 344 g/mol. The van der Waals surface area contributed by atoms with Crippen molar-refractivity contribution in [3.05, 3.63) is 47.4 Å². The number of amides is 1. The van der Waals surface area contributed by atoms with Crippen LogP contribution in [0, 0.1) is 19.8 Å². The van der Waals surface area contributed by atoms with Crippen LogP contribution in [0.25, 0.3) is 5.65 Å². The maximum Gasteiger partial charge on any atom is 0.272 e. The summed E-state index contributed by atoms with van der Waals surface area (Å²) in [6.45, 7) is 4.83. The first kappa shape index (κ1) is 17.4. The zero-order chi connectivity index (χ0) is 19.1. The SMILES string of the molecule is Cc1cc2nc(C(=O)N3CCCC(C(=O)c4nccn4C)C3)cc(C)n2n1. The van der Waals surface area contributed by atoms with Crippen molar-refractivity contribution >= 4 is 17.3 Å². The summed E-state index contributed by atoms with van der Waals surface area (Å²) in [6, 6.07) is 3.61. The predicted octanol–water partition coefficient (Wildman–Crippen LogP) is 1.81. The van der Waals surface area contributed by atoms with Crippen LogP contribution in [0.15, 0.2) is 24.5 Å². The van der Waals surface area contributed by atoms with Gasteiger partial charge in [-0.1, -0.05) is 0 Å². The smallest absolute Gasteiger partial charge is 0.272 e. The fourth-order valence-corrected chi connectivity index (χ4v) is 3.67. The van der Waals surface area contributed by atoms with Gasteiger partial charge in [0, 0.05) is 50.2 Å². The van der Waals surface area contributed by atoms with Gasteiger partial charge in [0.15, 0.2) is 11.5 Å². The first-order chi connectivity index (χ1) is 12.9. The lowest BCUT2D eigenvalue weighted by Crippen LogP contribution is -2.43. The van der Waals surface area contributed by atoms with Gasteiger partial charge in [-0.2, -0.15) is 5.10 Å². The van der Waals surface area contributed by atoms with E-state index in [0.29, 0.717) is 30.3 Å². The number of Topliss-reactive ketones (excluding diaryl/α,β-unsaturated/α-hetero) is 1. The second-order valence-corrected chi connectivity index (χ2v) is 7.15. The Balaban J connectivity index is 1.57. The molecule has 1 aliphatic heterocycles. The van der Waals surface area contributed by atoms with Gasteiger partial charge in [0.25, 0.3) is 5.91 Å². The molecular formula is C19H22N6O2. The summed E-state index contributed by atoms with van der Waals surface area (Å²) in [7, 11) is 1.81. The number of hydrogen-bond donors (Lipinski definition) is 0. The molecule has 0 radical (unpaired) electrons. The molecule has 1 aliphatic rings. The van der Waals surface area contributed by atoms with Crippen molar-refractivity contribution in [3.8, 4) is 0 Å². The van der Waals surface area contributed by atoms with Crippen LogP contribution in [-0.2, 0) is 7.05 Å². The maximum atomic E-state index is 13.0. The Morgan fingerprint density at radius 1 is 1.22 bits per heavy atom. The van der Waals surface area contributed by atoms with E-state index < -0.39 is 0 Å². The van der Waals surface area contributed by atoms with Gasteiger partial charge >= 0.3 is 0 Å². The predicted molar refractivity (Wildman–Crippen MR) is 98.6 cm³/mol. The Labute approximate surface area is 156 Å². The Morgan fingerprint density at radius 2 is 2.04 bits per heavy atom. The molecule has 8 nitrogen and oxygen atoms in total. The van der Waals surface area contributed by atoms with Crippen LogP contribution >= 0.6 is 0 Å². The van der Waals surface area contributed by atoms with E-state index in [4.69, 9.17) is 0 Å². The van der Waals surface area contributed by atoms with Crippen molar-refractivity contribution in [1.29, 1.82) is 0 Å². The number of piperidine rings is 1. The fraction of sp³-hybridized carbons (Fsp3) is 0.421. The van der Waals surface area contributed by atoms with E-state index in [9.17, 15) is 9.59 Å². The number of likely N-dealkylation sites (tertiary alicyclic amines) is 1. The van der Waals surface area contributed by atoms with Gasteiger partial charge in [-0.15, -0.1) is 0 Å². The molecule has 1 saturated heterocycles. The number of carbonyl (C=O) groups is 2. The van der Waals surface area contributed by atoms with Crippen LogP contribution in [-0.4, -0.2) is 53.8 Å². The summed E-state index contributed by atoms with van der Waals surface area (Å²) in [5, 5.41) is 4.37. The molecule has 1 amide bonds. The van der Waals surface area contributed by atoms with Crippen molar-refractivity contribution in [3.63, 3.8) is 0 Å². The average molecular weight is 366 g/mol. The average Bonchev–Trinajstić information content (AvgIpc) is 3.25. The van der Waals surface area contributed by atoms with Gasteiger partial charge in [-0.25, -0.2) is 14.5 Å². The van der Waals surface area contributed by atoms with Gasteiger partial charge < -0.3 is 9.47 Å². The minimum atomic E-state index is -0.231. The number of fused-ring (bicyclic) bond motifs is 1. The van der Waals surface area contributed by atoms with Crippen LogP contribution in [0.2, 0.25) is 0 Å². The second kappa shape index (κ2) is 6.61. The molecule has 1 unspecified atom stereocenters. The van der Waals surface area contributed by atoms with E-state index in [0.717, 1.165) is 24.2 Å². The molecule has 1 fully saturated rings. The summed E-state index contributed by atoms with van der Waals surface area (Å²) < 4.78 is 3.46. The third kappa shape index (κ3) is 3.11. The van der Waals surface area contributed by atoms with E-state index >= 15 is 0 Å². The molecule has 3 aromatic rings. The quantitative estimate of drug-likeness (QED) is 0.660. The van der Waals surface area contributed by atoms with Crippen molar-refractivity contribution < 1.29 is 9.59 Å². The Kier molecular flexibility index (Phi) is 4.25. The number of aromatic nitrogens is 5. The number of aryl methyl sites for hydroxylation is 3. The number of ketones is 1. The first-order valence-corrected chi connectivity index (χ1v) is 9.09. The van der Waals surface area contributed by atoms with Crippen LogP contribution in [0.4, 0.5) is 0 Å². The summed E-state index contributed by atoms with van der Waals surface area (Å²) in [6.07, 6.45) is 4.94. The minimum absolute atomic E-state index is 0.00833. The molecule has 0 N–H and O–H groups in total. The summed E-state index contributed by atoms with van der Waals surface area (Å²) in [5.41, 5.74) is 2.77. The van der Waals surface area contributed by atoms with Crippen LogP contribution < -0.4 is 0 Å². The Bertz CT molecular complexity index is 1030. The Hall–Kier alpha value is -3.03. The zero-order valence-corrected chi connectivity index (χ0v) is 15.7. The molecule has 0 spiro atoms. The van der Waals surface area contributed by atoms with Crippen LogP contribution in [0.1, 0.15) is 45.3 Å². The highest BCUT2D eigenvalue weighted by atomic mass is 16.2. The van der Waals surface area contributed by atoms with Gasteiger partial charge in [0.05, 0.1) is 5.69 Å². The summed E-state index contributed by atoms with van der Waals surface area (Å²) in [4.78, 5) is 36.2.